The van der Waals surface area contributed by atoms with Crippen LogP contribution in [0, 0.1) is 11.3 Å². The molecule has 3 nitrogen and oxygen atoms in total. The van der Waals surface area contributed by atoms with Gasteiger partial charge in [-0.15, -0.1) is 12.4 Å². The molecule has 0 spiro atoms. The van der Waals surface area contributed by atoms with Crippen molar-refractivity contribution in [2.24, 2.45) is 11.3 Å². The van der Waals surface area contributed by atoms with E-state index in [9.17, 15) is 4.79 Å². The van der Waals surface area contributed by atoms with E-state index in [0.717, 1.165) is 31.8 Å². The molecule has 1 saturated heterocycles. The predicted octanol–water partition coefficient (Wildman–Crippen LogP) is 2.88. The Kier molecular flexibility index (Phi) is 6.61. The topological polar surface area (TPSA) is 41.1 Å². The number of rotatable bonds is 5. The third-order valence-electron chi connectivity index (χ3n) is 4.52. The Morgan fingerprint density at radius 1 is 1.32 bits per heavy atom. The largest absolute Gasteiger partial charge is 0.354 e. The van der Waals surface area contributed by atoms with Gasteiger partial charge in [0.05, 0.1) is 6.04 Å². The molecule has 0 aromatic rings. The minimum absolute atomic E-state index is 0. The fourth-order valence-corrected chi connectivity index (χ4v) is 3.75. The lowest BCUT2D eigenvalue weighted by molar-refractivity contribution is -0.123. The van der Waals surface area contributed by atoms with Crippen LogP contribution in [0.15, 0.2) is 0 Å². The van der Waals surface area contributed by atoms with Crippen molar-refractivity contribution in [2.45, 2.75) is 64.8 Å². The maximum atomic E-state index is 12.1. The third kappa shape index (κ3) is 4.64. The van der Waals surface area contributed by atoms with Gasteiger partial charge < -0.3 is 10.6 Å². The Labute approximate surface area is 123 Å². The number of carbonyl (C=O) groups excluding carboxylic acids is 1. The molecule has 0 aromatic carbocycles. The number of hydrogen-bond donors (Lipinski definition) is 2. The zero-order chi connectivity index (χ0) is 13.0. The summed E-state index contributed by atoms with van der Waals surface area (Å²) in [6.45, 7) is 6.47. The lowest BCUT2D eigenvalue weighted by Gasteiger charge is -2.31. The van der Waals surface area contributed by atoms with Gasteiger partial charge in [-0.1, -0.05) is 26.7 Å². The molecule has 19 heavy (non-hydrogen) atoms. The average Bonchev–Trinajstić information content (AvgIpc) is 2.96. The Morgan fingerprint density at radius 2 is 2.00 bits per heavy atom. The molecule has 0 radical (unpaired) electrons. The van der Waals surface area contributed by atoms with Crippen molar-refractivity contribution < 1.29 is 4.79 Å². The van der Waals surface area contributed by atoms with Gasteiger partial charge in [0.1, 0.15) is 0 Å². The van der Waals surface area contributed by atoms with Crippen molar-refractivity contribution in [2.75, 3.05) is 13.1 Å². The zero-order valence-corrected chi connectivity index (χ0v) is 13.2. The summed E-state index contributed by atoms with van der Waals surface area (Å²) >= 11 is 0. The van der Waals surface area contributed by atoms with E-state index in [1.807, 2.05) is 0 Å². The average molecular weight is 289 g/mol. The molecule has 1 unspecified atom stereocenters. The minimum Gasteiger partial charge on any atom is -0.354 e. The van der Waals surface area contributed by atoms with E-state index in [1.54, 1.807) is 0 Å². The van der Waals surface area contributed by atoms with E-state index in [1.165, 1.54) is 32.1 Å². The molecule has 2 rings (SSSR count). The van der Waals surface area contributed by atoms with Crippen LogP contribution in [0.3, 0.4) is 0 Å². The number of amides is 1. The van der Waals surface area contributed by atoms with E-state index in [0.29, 0.717) is 5.41 Å². The van der Waals surface area contributed by atoms with Crippen LogP contribution >= 0.6 is 12.4 Å². The monoisotopic (exact) mass is 288 g/mol. The van der Waals surface area contributed by atoms with Crippen LogP contribution < -0.4 is 10.6 Å². The van der Waals surface area contributed by atoms with Crippen molar-refractivity contribution >= 4 is 18.3 Å². The summed E-state index contributed by atoms with van der Waals surface area (Å²) in [5.41, 5.74) is 0.391. The zero-order valence-electron chi connectivity index (χ0n) is 12.3. The summed E-state index contributed by atoms with van der Waals surface area (Å²) in [4.78, 5) is 12.1. The molecule has 2 aliphatic rings. The third-order valence-corrected chi connectivity index (χ3v) is 4.52. The second kappa shape index (κ2) is 7.49. The standard InChI is InChI=1S/C15H28N2O.ClH/c1-12(2)10-15(7-3-4-8-15)11-17-14(18)13-6-5-9-16-13;/h12-13,16H,3-11H2,1-2H3,(H,17,18);1H. The summed E-state index contributed by atoms with van der Waals surface area (Å²) in [5.74, 6) is 0.951. The molecule has 1 aliphatic heterocycles. The first-order chi connectivity index (χ1) is 8.61. The van der Waals surface area contributed by atoms with E-state index < -0.39 is 0 Å². The highest BCUT2D eigenvalue weighted by Gasteiger charge is 2.35. The summed E-state index contributed by atoms with van der Waals surface area (Å²) in [7, 11) is 0. The van der Waals surface area contributed by atoms with Crippen molar-refractivity contribution in [3.8, 4) is 0 Å². The molecule has 0 bridgehead atoms. The fourth-order valence-electron chi connectivity index (χ4n) is 3.75. The summed E-state index contributed by atoms with van der Waals surface area (Å²) < 4.78 is 0. The quantitative estimate of drug-likeness (QED) is 0.817. The van der Waals surface area contributed by atoms with Crippen LogP contribution in [0.4, 0.5) is 0 Å². The van der Waals surface area contributed by atoms with Crippen molar-refractivity contribution in [1.29, 1.82) is 0 Å². The molecular formula is C15H29ClN2O. The maximum Gasteiger partial charge on any atom is 0.237 e. The summed E-state index contributed by atoms with van der Waals surface area (Å²) in [5, 5.41) is 6.48. The highest BCUT2D eigenvalue weighted by atomic mass is 35.5. The predicted molar refractivity (Wildman–Crippen MR) is 81.6 cm³/mol. The highest BCUT2D eigenvalue weighted by Crippen LogP contribution is 2.42. The lowest BCUT2D eigenvalue weighted by Crippen LogP contribution is -2.45. The van der Waals surface area contributed by atoms with Crippen molar-refractivity contribution in [3.63, 3.8) is 0 Å². The Hall–Kier alpha value is -0.280. The Bertz CT molecular complexity index is 282. The maximum absolute atomic E-state index is 12.1. The van der Waals surface area contributed by atoms with Crippen LogP contribution in [-0.2, 0) is 4.79 Å². The van der Waals surface area contributed by atoms with Crippen LogP contribution in [0.5, 0.6) is 0 Å². The number of nitrogens with one attached hydrogen (secondary N) is 2. The molecule has 1 amide bonds. The molecule has 0 aromatic heterocycles. The van der Waals surface area contributed by atoms with Gasteiger partial charge in [0.15, 0.2) is 0 Å². The summed E-state index contributed by atoms with van der Waals surface area (Å²) in [6, 6.07) is 0.0718. The Balaban J connectivity index is 0.00000180. The van der Waals surface area contributed by atoms with Crippen LogP contribution in [0.2, 0.25) is 0 Å². The van der Waals surface area contributed by atoms with E-state index in [4.69, 9.17) is 0 Å². The molecule has 1 heterocycles. The van der Waals surface area contributed by atoms with E-state index in [-0.39, 0.29) is 24.4 Å². The van der Waals surface area contributed by atoms with Gasteiger partial charge >= 0.3 is 0 Å². The SMILES string of the molecule is CC(C)CC1(CNC(=O)C2CCCN2)CCCC1.Cl. The van der Waals surface area contributed by atoms with E-state index in [2.05, 4.69) is 24.5 Å². The van der Waals surface area contributed by atoms with Crippen LogP contribution in [0.1, 0.15) is 58.8 Å². The van der Waals surface area contributed by atoms with Crippen molar-refractivity contribution in [1.82, 2.24) is 10.6 Å². The molecule has 1 aliphatic carbocycles. The highest BCUT2D eigenvalue weighted by molar-refractivity contribution is 5.85. The smallest absolute Gasteiger partial charge is 0.237 e. The number of carbonyl (C=O) groups is 1. The first-order valence-corrected chi connectivity index (χ1v) is 7.62. The van der Waals surface area contributed by atoms with Gasteiger partial charge in [0.25, 0.3) is 0 Å². The normalized spacial score (nSPS) is 25.3. The first kappa shape index (κ1) is 16.8. The van der Waals surface area contributed by atoms with Gasteiger partial charge in [-0.25, -0.2) is 0 Å². The lowest BCUT2D eigenvalue weighted by atomic mass is 9.78. The van der Waals surface area contributed by atoms with Gasteiger partial charge in [-0.3, -0.25) is 4.79 Å². The van der Waals surface area contributed by atoms with Crippen molar-refractivity contribution in [3.05, 3.63) is 0 Å². The molecule has 112 valence electrons. The number of halogens is 1. The van der Waals surface area contributed by atoms with Crippen LogP contribution in [-0.4, -0.2) is 25.0 Å². The Morgan fingerprint density at radius 3 is 2.53 bits per heavy atom. The number of hydrogen-bond acceptors (Lipinski definition) is 2. The fraction of sp³-hybridized carbons (Fsp3) is 0.933. The molecule has 1 atom stereocenters. The minimum atomic E-state index is 0. The second-order valence-electron chi connectivity index (χ2n) is 6.67. The molecule has 2 N–H and O–H groups in total. The molecule has 2 fully saturated rings. The van der Waals surface area contributed by atoms with Crippen LogP contribution in [0.25, 0.3) is 0 Å². The molecule has 4 heteroatoms. The second-order valence-corrected chi connectivity index (χ2v) is 6.67. The van der Waals surface area contributed by atoms with E-state index >= 15 is 0 Å². The first-order valence-electron chi connectivity index (χ1n) is 7.62. The van der Waals surface area contributed by atoms with Gasteiger partial charge in [-0.05, 0) is 50.0 Å². The molecular weight excluding hydrogens is 260 g/mol. The summed E-state index contributed by atoms with van der Waals surface area (Å²) in [6.07, 6.45) is 8.66. The molecule has 1 saturated carbocycles. The van der Waals surface area contributed by atoms with Gasteiger partial charge in [-0.2, -0.15) is 0 Å². The van der Waals surface area contributed by atoms with Gasteiger partial charge in [0, 0.05) is 6.54 Å². The van der Waals surface area contributed by atoms with Gasteiger partial charge in [0.2, 0.25) is 5.91 Å².